The minimum atomic E-state index is -0.673. The molecule has 6 N–H and O–H groups in total. The number of halogens is 3. The number of hydrogen-bond donors (Lipinski definition) is 6. The van der Waals surface area contributed by atoms with Crippen molar-refractivity contribution in [3.63, 3.8) is 0 Å². The molecule has 8 nitrogen and oxygen atoms in total. The Balaban J connectivity index is 1.89. The zero-order valence-corrected chi connectivity index (χ0v) is 22.3. The Hall–Kier alpha value is -2.95. The third kappa shape index (κ3) is 8.04. The van der Waals surface area contributed by atoms with E-state index in [0.717, 1.165) is 12.1 Å². The van der Waals surface area contributed by atoms with E-state index in [0.29, 0.717) is 39.5 Å². The first-order valence-corrected chi connectivity index (χ1v) is 12.5. The Bertz CT molecular complexity index is 1190. The molecular weight excluding hydrogens is 551 g/mol. The highest BCUT2D eigenvalue weighted by molar-refractivity contribution is 9.10. The van der Waals surface area contributed by atoms with Crippen molar-refractivity contribution in [3.05, 3.63) is 69.7 Å². The summed E-state index contributed by atoms with van der Waals surface area (Å²) in [7, 11) is 0. The number of nitrogens with zero attached hydrogens (tertiary/aromatic N) is 1. The molecule has 1 aliphatic carbocycles. The summed E-state index contributed by atoms with van der Waals surface area (Å²) < 4.78 is 21.0. The third-order valence-electron chi connectivity index (χ3n) is 5.57. The number of pyridine rings is 1. The molecule has 1 saturated carbocycles. The summed E-state index contributed by atoms with van der Waals surface area (Å²) in [4.78, 5) is 4.05. The van der Waals surface area contributed by atoms with Gasteiger partial charge < -0.3 is 20.8 Å². The molecule has 2 aromatic rings. The highest BCUT2D eigenvalue weighted by atomic mass is 79.9. The molecule has 0 amide bonds. The summed E-state index contributed by atoms with van der Waals surface area (Å²) in [6, 6.07) is 5.87. The maximum Gasteiger partial charge on any atom is 0.192 e. The Kier molecular flexibility index (Phi) is 9.86. The fourth-order valence-corrected chi connectivity index (χ4v) is 3.89. The summed E-state index contributed by atoms with van der Waals surface area (Å²) >= 11 is 9.24. The third-order valence-corrected chi connectivity index (χ3v) is 6.12. The molecule has 0 unspecified atom stereocenters. The van der Waals surface area contributed by atoms with Gasteiger partial charge in [-0.25, -0.2) is 14.9 Å². The smallest absolute Gasteiger partial charge is 0.192 e. The van der Waals surface area contributed by atoms with E-state index in [1.54, 1.807) is 26.0 Å². The molecule has 1 aromatic carbocycles. The lowest BCUT2D eigenvalue weighted by molar-refractivity contribution is 0.224. The van der Waals surface area contributed by atoms with Crippen LogP contribution in [0.15, 0.2) is 52.8 Å². The maximum absolute atomic E-state index is 14.3. The van der Waals surface area contributed by atoms with Gasteiger partial charge in [-0.2, -0.15) is 0 Å². The van der Waals surface area contributed by atoms with Gasteiger partial charge in [-0.15, -0.1) is 0 Å². The van der Waals surface area contributed by atoms with E-state index in [-0.39, 0.29) is 16.7 Å². The minimum absolute atomic E-state index is 0.106. The van der Waals surface area contributed by atoms with Gasteiger partial charge in [0.15, 0.2) is 11.6 Å². The number of anilines is 1. The molecule has 1 aliphatic rings. The number of rotatable bonds is 13. The highest BCUT2D eigenvalue weighted by Gasteiger charge is 2.21. The van der Waals surface area contributed by atoms with Crippen LogP contribution in [0.25, 0.3) is 5.70 Å². The number of nitrogens with one attached hydrogen (secondary N) is 5. The van der Waals surface area contributed by atoms with E-state index in [4.69, 9.17) is 27.2 Å². The molecule has 1 atom stereocenters. The average molecular weight is 580 g/mol. The molecule has 192 valence electrons. The van der Waals surface area contributed by atoms with Crippen LogP contribution >= 0.6 is 27.5 Å². The van der Waals surface area contributed by atoms with E-state index < -0.39 is 11.9 Å². The molecular formula is C25H29BrClFN6O2. The first-order valence-electron chi connectivity index (χ1n) is 11.4. The number of hydrogen-bond acceptors (Lipinski definition) is 8. The van der Waals surface area contributed by atoms with Gasteiger partial charge in [0.05, 0.1) is 0 Å². The van der Waals surface area contributed by atoms with Crippen LogP contribution in [0.3, 0.4) is 0 Å². The molecule has 0 saturated heterocycles. The van der Waals surface area contributed by atoms with Crippen LogP contribution in [-0.4, -0.2) is 34.2 Å². The van der Waals surface area contributed by atoms with Crippen LogP contribution in [0.4, 0.5) is 10.2 Å². The Morgan fingerprint density at radius 2 is 2.11 bits per heavy atom. The van der Waals surface area contributed by atoms with E-state index in [1.165, 1.54) is 37.2 Å². The first kappa shape index (κ1) is 27.6. The molecule has 0 radical (unpaired) electrons. The van der Waals surface area contributed by atoms with Crippen molar-refractivity contribution < 1.29 is 14.3 Å². The molecule has 1 heterocycles. The Labute approximate surface area is 223 Å². The number of ether oxygens (including phenoxy) is 1. The van der Waals surface area contributed by atoms with Crippen LogP contribution in [0.2, 0.25) is 0 Å². The summed E-state index contributed by atoms with van der Waals surface area (Å²) in [6.45, 7) is 4.61. The zero-order chi connectivity index (χ0) is 26.2. The molecule has 3 rings (SSSR count). The van der Waals surface area contributed by atoms with Gasteiger partial charge >= 0.3 is 0 Å². The van der Waals surface area contributed by atoms with Crippen molar-refractivity contribution in [2.75, 3.05) is 18.6 Å². The summed E-state index contributed by atoms with van der Waals surface area (Å²) in [5.41, 5.74) is 4.67. The monoisotopic (exact) mass is 578 g/mol. The SMILES string of the molecule is CC(=N)/C(=C\NCC1CC1)CN/C(=C\C(=N)Cl)c1ccc(F)cc1[C@@H](C)Oc1cc(Br)cnc1NO. The van der Waals surface area contributed by atoms with Gasteiger partial charge in [0.2, 0.25) is 0 Å². The highest BCUT2D eigenvalue weighted by Crippen LogP contribution is 2.33. The van der Waals surface area contributed by atoms with E-state index >= 15 is 0 Å². The largest absolute Gasteiger partial charge is 0.482 e. The molecule has 0 spiro atoms. The van der Waals surface area contributed by atoms with Gasteiger partial charge in [0, 0.05) is 58.1 Å². The van der Waals surface area contributed by atoms with Crippen LogP contribution in [-0.2, 0) is 0 Å². The molecule has 36 heavy (non-hydrogen) atoms. The standard InChI is InChI=1S/C25H29BrClFN6O2/c1-14(29)17(11-31-10-16-3-4-16)12-32-22(9-24(27)30)20-6-5-19(28)8-21(20)15(2)36-23-7-18(26)13-33-25(23)34-35/h5-9,11,13,15-16,29-32,35H,3-4,10,12H2,1-2H3,(H,33,34)/b17-11-,22-9-,29-14?,30-24?/t15-/m1/s1. The van der Waals surface area contributed by atoms with Crippen LogP contribution < -0.4 is 20.9 Å². The second-order valence-corrected chi connectivity index (χ2v) is 9.83. The molecule has 1 aromatic heterocycles. The summed E-state index contributed by atoms with van der Waals surface area (Å²) in [5, 5.41) is 31.6. The van der Waals surface area contributed by atoms with Crippen molar-refractivity contribution in [1.82, 2.24) is 15.6 Å². The lowest BCUT2D eigenvalue weighted by atomic mass is 9.99. The van der Waals surface area contributed by atoms with Gasteiger partial charge in [0.1, 0.15) is 17.1 Å². The van der Waals surface area contributed by atoms with Gasteiger partial charge in [-0.1, -0.05) is 11.6 Å². The second-order valence-electron chi connectivity index (χ2n) is 8.51. The molecule has 0 bridgehead atoms. The van der Waals surface area contributed by atoms with Gasteiger partial charge in [-0.05, 0) is 78.9 Å². The van der Waals surface area contributed by atoms with Crippen molar-refractivity contribution in [3.8, 4) is 5.75 Å². The van der Waals surface area contributed by atoms with Crippen LogP contribution in [0, 0.1) is 22.6 Å². The molecule has 0 aliphatic heterocycles. The zero-order valence-electron chi connectivity index (χ0n) is 20.0. The first-order chi connectivity index (χ1) is 17.2. The van der Waals surface area contributed by atoms with Crippen molar-refractivity contribution >= 4 is 49.9 Å². The van der Waals surface area contributed by atoms with E-state index in [1.807, 2.05) is 11.7 Å². The normalized spacial score (nSPS) is 14.7. The van der Waals surface area contributed by atoms with Crippen molar-refractivity contribution in [1.29, 1.82) is 10.8 Å². The predicted octanol–water partition coefficient (Wildman–Crippen LogP) is 5.99. The second kappa shape index (κ2) is 12.8. The van der Waals surface area contributed by atoms with Gasteiger partial charge in [0.25, 0.3) is 0 Å². The van der Waals surface area contributed by atoms with Crippen molar-refractivity contribution in [2.45, 2.75) is 32.8 Å². The van der Waals surface area contributed by atoms with Crippen molar-refractivity contribution in [2.24, 2.45) is 5.92 Å². The number of benzene rings is 1. The van der Waals surface area contributed by atoms with Crippen LogP contribution in [0.1, 0.15) is 43.9 Å². The lowest BCUT2D eigenvalue weighted by Gasteiger charge is -2.22. The summed E-state index contributed by atoms with van der Waals surface area (Å²) in [5.74, 6) is 0.593. The number of aromatic nitrogens is 1. The van der Waals surface area contributed by atoms with Gasteiger partial charge in [-0.3, -0.25) is 10.6 Å². The molecule has 1 fully saturated rings. The van der Waals surface area contributed by atoms with E-state index in [2.05, 4.69) is 31.5 Å². The fourth-order valence-electron chi connectivity index (χ4n) is 3.47. The Morgan fingerprint density at radius 3 is 2.75 bits per heavy atom. The van der Waals surface area contributed by atoms with E-state index in [9.17, 15) is 9.60 Å². The predicted molar refractivity (Wildman–Crippen MR) is 145 cm³/mol. The maximum atomic E-state index is 14.3. The van der Waals surface area contributed by atoms with Crippen LogP contribution in [0.5, 0.6) is 5.75 Å². The fraction of sp³-hybridized carbons (Fsp3) is 0.320. The quantitative estimate of drug-likeness (QED) is 0.128. The minimum Gasteiger partial charge on any atom is -0.482 e. The lowest BCUT2D eigenvalue weighted by Crippen LogP contribution is -2.23. The Morgan fingerprint density at radius 1 is 1.36 bits per heavy atom. The topological polar surface area (TPSA) is 126 Å². The summed E-state index contributed by atoms with van der Waals surface area (Å²) in [6.07, 6.45) is 6.54. The number of allylic oxidation sites excluding steroid dienone is 1. The average Bonchev–Trinajstić information content (AvgIpc) is 3.64. The molecule has 11 heteroatoms.